The molecule has 1 fully saturated rings. The van der Waals surface area contributed by atoms with Crippen LogP contribution in [0.1, 0.15) is 53.0 Å². The molecule has 21 heavy (non-hydrogen) atoms. The summed E-state index contributed by atoms with van der Waals surface area (Å²) in [7, 11) is 0. The van der Waals surface area contributed by atoms with Crippen LogP contribution in [0.2, 0.25) is 0 Å². The monoisotopic (exact) mass is 295 g/mol. The Balaban J connectivity index is 2.26. The van der Waals surface area contributed by atoms with Gasteiger partial charge in [0.1, 0.15) is 11.6 Å². The number of nitrogens with one attached hydrogen (secondary N) is 1. The Kier molecular flexibility index (Phi) is 4.44. The molecule has 0 aromatic heterocycles. The fourth-order valence-electron chi connectivity index (χ4n) is 3.27. The van der Waals surface area contributed by atoms with Crippen LogP contribution in [0.15, 0.2) is 18.2 Å². The standard InChI is InChI=1S/C18H27F2N/c1-12(2)21-11-18(9-13(10-18)17(3,4)5)15-7-6-14(19)8-16(15)20/h6-8,12-13,21H,9-11H2,1-5H3. The van der Waals surface area contributed by atoms with Crippen LogP contribution in [0.5, 0.6) is 0 Å². The van der Waals surface area contributed by atoms with Crippen LogP contribution >= 0.6 is 0 Å². The summed E-state index contributed by atoms with van der Waals surface area (Å²) in [6, 6.07) is 4.38. The Bertz CT molecular complexity index is 496. The van der Waals surface area contributed by atoms with E-state index in [1.165, 1.54) is 6.07 Å². The number of hydrogen-bond acceptors (Lipinski definition) is 1. The van der Waals surface area contributed by atoms with Gasteiger partial charge in [0.25, 0.3) is 0 Å². The highest BCUT2D eigenvalue weighted by atomic mass is 19.1. The van der Waals surface area contributed by atoms with Crippen LogP contribution in [-0.4, -0.2) is 12.6 Å². The molecule has 0 amide bonds. The summed E-state index contributed by atoms with van der Waals surface area (Å²) >= 11 is 0. The highest BCUT2D eigenvalue weighted by Crippen LogP contribution is 2.54. The van der Waals surface area contributed by atoms with Crippen LogP contribution in [0.25, 0.3) is 0 Å². The zero-order valence-electron chi connectivity index (χ0n) is 13.8. The van der Waals surface area contributed by atoms with E-state index in [1.54, 1.807) is 6.07 Å². The summed E-state index contributed by atoms with van der Waals surface area (Å²) in [5.74, 6) is -0.334. The highest BCUT2D eigenvalue weighted by molar-refractivity contribution is 5.32. The Labute approximate surface area is 127 Å². The minimum absolute atomic E-state index is 0.194. The van der Waals surface area contributed by atoms with Gasteiger partial charge >= 0.3 is 0 Å². The molecule has 0 saturated heterocycles. The van der Waals surface area contributed by atoms with Crippen LogP contribution in [0, 0.1) is 23.0 Å². The van der Waals surface area contributed by atoms with Gasteiger partial charge in [-0.25, -0.2) is 8.78 Å². The van der Waals surface area contributed by atoms with Gasteiger partial charge in [0.05, 0.1) is 0 Å². The van der Waals surface area contributed by atoms with Crippen molar-refractivity contribution in [2.75, 3.05) is 6.54 Å². The lowest BCUT2D eigenvalue weighted by Crippen LogP contribution is -2.53. The third kappa shape index (κ3) is 3.45. The number of halogens is 2. The molecule has 0 bridgehead atoms. The second-order valence-electron chi connectivity index (χ2n) is 7.91. The fourth-order valence-corrected chi connectivity index (χ4v) is 3.27. The summed E-state index contributed by atoms with van der Waals surface area (Å²) in [5, 5.41) is 3.44. The summed E-state index contributed by atoms with van der Waals surface area (Å²) < 4.78 is 27.4. The second-order valence-corrected chi connectivity index (χ2v) is 7.91. The molecule has 1 aliphatic carbocycles. The van der Waals surface area contributed by atoms with Crippen LogP contribution in [0.3, 0.4) is 0 Å². The average molecular weight is 295 g/mol. The first-order chi connectivity index (χ1) is 9.64. The molecule has 1 nitrogen and oxygen atoms in total. The number of benzene rings is 1. The van der Waals surface area contributed by atoms with Gasteiger partial charge in [-0.1, -0.05) is 40.7 Å². The van der Waals surface area contributed by atoms with E-state index in [9.17, 15) is 8.78 Å². The topological polar surface area (TPSA) is 12.0 Å². The lowest BCUT2D eigenvalue weighted by molar-refractivity contribution is 0.0414. The first-order valence-electron chi connectivity index (χ1n) is 7.83. The summed E-state index contributed by atoms with van der Waals surface area (Å²) in [4.78, 5) is 0. The van der Waals surface area contributed by atoms with Gasteiger partial charge in [0.2, 0.25) is 0 Å². The maximum Gasteiger partial charge on any atom is 0.129 e. The lowest BCUT2D eigenvalue weighted by atomic mass is 9.52. The van der Waals surface area contributed by atoms with Gasteiger partial charge in [-0.3, -0.25) is 0 Å². The van der Waals surface area contributed by atoms with E-state index in [-0.39, 0.29) is 10.8 Å². The molecular weight excluding hydrogens is 268 g/mol. The van der Waals surface area contributed by atoms with Gasteiger partial charge in [0, 0.05) is 24.1 Å². The smallest absolute Gasteiger partial charge is 0.129 e. The number of hydrogen-bond donors (Lipinski definition) is 1. The van der Waals surface area contributed by atoms with Gasteiger partial charge in [-0.15, -0.1) is 0 Å². The van der Waals surface area contributed by atoms with E-state index >= 15 is 0 Å². The third-order valence-electron chi connectivity index (χ3n) is 4.85. The Morgan fingerprint density at radius 3 is 2.33 bits per heavy atom. The van der Waals surface area contributed by atoms with Crippen molar-refractivity contribution in [3.8, 4) is 0 Å². The molecule has 0 spiro atoms. The molecule has 2 rings (SSSR count). The van der Waals surface area contributed by atoms with Crippen molar-refractivity contribution in [2.24, 2.45) is 11.3 Å². The Hall–Kier alpha value is -0.960. The number of rotatable bonds is 4. The molecule has 1 aromatic carbocycles. The Morgan fingerprint density at radius 2 is 1.86 bits per heavy atom. The van der Waals surface area contributed by atoms with Gasteiger partial charge < -0.3 is 5.32 Å². The molecule has 1 aromatic rings. The molecule has 0 aliphatic heterocycles. The predicted octanol–water partition coefficient (Wildman–Crippen LogP) is 4.66. The van der Waals surface area contributed by atoms with Crippen molar-refractivity contribution in [3.05, 3.63) is 35.4 Å². The molecule has 118 valence electrons. The first kappa shape index (κ1) is 16.4. The fraction of sp³-hybridized carbons (Fsp3) is 0.667. The highest BCUT2D eigenvalue weighted by Gasteiger charge is 2.50. The maximum absolute atomic E-state index is 14.2. The largest absolute Gasteiger partial charge is 0.314 e. The molecule has 0 heterocycles. The van der Waals surface area contributed by atoms with Crippen molar-refractivity contribution in [1.29, 1.82) is 0 Å². The molecule has 3 heteroatoms. The molecule has 0 unspecified atom stereocenters. The quantitative estimate of drug-likeness (QED) is 0.852. The van der Waals surface area contributed by atoms with E-state index in [0.717, 1.165) is 25.5 Å². The Morgan fingerprint density at radius 1 is 1.24 bits per heavy atom. The molecule has 0 radical (unpaired) electrons. The maximum atomic E-state index is 14.2. The van der Waals surface area contributed by atoms with Crippen molar-refractivity contribution in [3.63, 3.8) is 0 Å². The van der Waals surface area contributed by atoms with E-state index in [4.69, 9.17) is 0 Å². The van der Waals surface area contributed by atoms with Crippen molar-refractivity contribution in [1.82, 2.24) is 5.32 Å². The van der Waals surface area contributed by atoms with E-state index < -0.39 is 11.6 Å². The van der Waals surface area contributed by atoms with Crippen LogP contribution < -0.4 is 5.32 Å². The zero-order chi connectivity index (χ0) is 15.8. The van der Waals surface area contributed by atoms with Gasteiger partial charge in [-0.2, -0.15) is 0 Å². The summed E-state index contributed by atoms with van der Waals surface area (Å²) in [6.07, 6.45) is 1.91. The molecular formula is C18H27F2N. The van der Waals surface area contributed by atoms with Crippen LogP contribution in [0.4, 0.5) is 8.78 Å². The van der Waals surface area contributed by atoms with Crippen molar-refractivity contribution in [2.45, 2.75) is 58.9 Å². The minimum Gasteiger partial charge on any atom is -0.314 e. The SMILES string of the molecule is CC(C)NCC1(c2ccc(F)cc2F)CC(C(C)(C)C)C1. The van der Waals surface area contributed by atoms with Crippen LogP contribution in [-0.2, 0) is 5.41 Å². The first-order valence-corrected chi connectivity index (χ1v) is 7.83. The second kappa shape index (κ2) is 5.68. The lowest BCUT2D eigenvalue weighted by Gasteiger charge is -2.53. The zero-order valence-corrected chi connectivity index (χ0v) is 13.8. The summed E-state index contributed by atoms with van der Waals surface area (Å²) in [6.45, 7) is 11.6. The van der Waals surface area contributed by atoms with E-state index in [0.29, 0.717) is 17.5 Å². The molecule has 1 saturated carbocycles. The van der Waals surface area contributed by atoms with Crippen molar-refractivity contribution >= 4 is 0 Å². The van der Waals surface area contributed by atoms with E-state index in [1.807, 2.05) is 0 Å². The molecule has 1 aliphatic rings. The predicted molar refractivity (Wildman–Crippen MR) is 83.4 cm³/mol. The van der Waals surface area contributed by atoms with Crippen molar-refractivity contribution < 1.29 is 8.78 Å². The molecule has 1 N–H and O–H groups in total. The normalized spacial score (nSPS) is 26.0. The van der Waals surface area contributed by atoms with Gasteiger partial charge in [-0.05, 0) is 35.8 Å². The minimum atomic E-state index is -0.505. The average Bonchev–Trinajstić information content (AvgIpc) is 2.27. The summed E-state index contributed by atoms with van der Waals surface area (Å²) in [5.41, 5.74) is 0.704. The molecule has 0 atom stereocenters. The third-order valence-corrected chi connectivity index (χ3v) is 4.85. The van der Waals surface area contributed by atoms with Gasteiger partial charge in [0.15, 0.2) is 0 Å². The van der Waals surface area contributed by atoms with E-state index in [2.05, 4.69) is 39.9 Å².